The molecule has 0 aliphatic heterocycles. The minimum atomic E-state index is -4.56. The first-order valence-electron chi connectivity index (χ1n) is 9.41. The Labute approximate surface area is 231 Å². The molecule has 1 atom stereocenters. The van der Waals surface area contributed by atoms with Crippen molar-refractivity contribution in [1.82, 2.24) is 0 Å². The molecule has 0 aliphatic carbocycles. The Bertz CT molecular complexity index is 365. The van der Waals surface area contributed by atoms with E-state index in [-0.39, 0.29) is 64.5 Å². The number of aliphatic hydroxyl groups excluding tert-OH is 1. The molecular formula is C16H34O7P2S2Zn3. The molecule has 0 aromatic carbocycles. The average molecular weight is 661 g/mol. The van der Waals surface area contributed by atoms with E-state index in [1.54, 1.807) is 0 Å². The third-order valence-corrected chi connectivity index (χ3v) is 3.48. The maximum absolute atomic E-state index is 9.11. The molecule has 0 rings (SSSR count). The van der Waals surface area contributed by atoms with Crippen molar-refractivity contribution < 1.29 is 92.9 Å². The van der Waals surface area contributed by atoms with Crippen molar-refractivity contribution in [2.24, 2.45) is 0 Å². The molecule has 0 saturated heterocycles. The Hall–Kier alpha value is 2.89. The smallest absolute Gasteiger partial charge is 0.844 e. The van der Waals surface area contributed by atoms with E-state index in [1.165, 1.54) is 77.0 Å². The van der Waals surface area contributed by atoms with E-state index in [1.807, 2.05) is 6.92 Å². The summed E-state index contributed by atoms with van der Waals surface area (Å²) in [5.74, 6) is 0. The van der Waals surface area contributed by atoms with Crippen LogP contribution in [0.4, 0.5) is 0 Å². The number of unbranched alkanes of at least 4 members (excludes halogenated alkanes) is 11. The minimum absolute atomic E-state index is 0. The van der Waals surface area contributed by atoms with Crippen LogP contribution in [0.5, 0.6) is 0 Å². The molecule has 14 heteroatoms. The zero-order valence-electron chi connectivity index (χ0n) is 18.5. The van der Waals surface area contributed by atoms with Crippen LogP contribution in [0.15, 0.2) is 0 Å². The Morgan fingerprint density at radius 2 is 0.800 bits per heavy atom. The Morgan fingerprint density at radius 3 is 1.00 bits per heavy atom. The van der Waals surface area contributed by atoms with Crippen molar-refractivity contribution in [3.63, 3.8) is 0 Å². The summed E-state index contributed by atoms with van der Waals surface area (Å²) in [4.78, 5) is 53.5. The molecule has 1 N–H and O–H groups in total. The molecule has 0 aliphatic rings. The van der Waals surface area contributed by atoms with Gasteiger partial charge in [-0.05, 0) is 13.3 Å². The Kier molecular flexibility index (Phi) is 49.2. The Morgan fingerprint density at radius 1 is 0.600 bits per heavy atom. The first-order chi connectivity index (χ1) is 12.3. The van der Waals surface area contributed by atoms with E-state index in [2.05, 4.69) is 30.5 Å². The van der Waals surface area contributed by atoms with E-state index in [0.717, 1.165) is 6.42 Å². The summed E-state index contributed by atoms with van der Waals surface area (Å²) < 4.78 is 0. The monoisotopic (exact) mass is 656 g/mol. The molecule has 0 saturated carbocycles. The largest absolute Gasteiger partial charge is 2.00 e. The summed E-state index contributed by atoms with van der Waals surface area (Å²) in [7, 11) is 0. The van der Waals surface area contributed by atoms with Crippen LogP contribution in [-0.2, 0) is 82.0 Å². The van der Waals surface area contributed by atoms with E-state index in [9.17, 15) is 0 Å². The molecule has 0 spiro atoms. The SMILES string of the molecule is CCCCCCCCCCCCCCC(C)O.[O-]P([O-])([O-])=S.[O-]P([O-])([O-])=S.[Zn+2].[Zn+2].[Zn+2]. The van der Waals surface area contributed by atoms with E-state index in [0.29, 0.717) is 0 Å². The quantitative estimate of drug-likeness (QED) is 0.164. The molecule has 168 valence electrons. The van der Waals surface area contributed by atoms with Crippen LogP contribution in [0, 0.1) is 0 Å². The predicted octanol–water partition coefficient (Wildman–Crippen LogP) is 0.0345. The fourth-order valence-corrected chi connectivity index (χ4v) is 2.28. The summed E-state index contributed by atoms with van der Waals surface area (Å²) in [6.07, 6.45) is 17.6. The second kappa shape index (κ2) is 31.9. The van der Waals surface area contributed by atoms with Gasteiger partial charge in [-0.3, -0.25) is 0 Å². The molecule has 0 amide bonds. The van der Waals surface area contributed by atoms with Crippen molar-refractivity contribution in [3.8, 4) is 0 Å². The van der Waals surface area contributed by atoms with Crippen LogP contribution < -0.4 is 29.4 Å². The second-order valence-corrected chi connectivity index (χ2v) is 10.9. The Balaban J connectivity index is -0.0000000930. The van der Waals surface area contributed by atoms with Crippen molar-refractivity contribution in [3.05, 3.63) is 0 Å². The molecule has 0 heterocycles. The molecule has 0 fully saturated rings. The van der Waals surface area contributed by atoms with Crippen LogP contribution in [-0.4, -0.2) is 11.2 Å². The van der Waals surface area contributed by atoms with Crippen molar-refractivity contribution in [2.45, 2.75) is 103 Å². The maximum Gasteiger partial charge on any atom is 2.00 e. The third kappa shape index (κ3) is 96.7. The fraction of sp³-hybridized carbons (Fsp3) is 1.00. The first-order valence-corrected chi connectivity index (χ1v) is 14.5. The standard InChI is InChI=1S/C16H34O.2H3O3PS.3Zn/c1-3-4-5-6-7-8-9-10-11-12-13-14-15-16(2)17;2*1-4(2,3)5;;;/h16-17H,3-15H2,1-2H3;2*(H3,1,2,3,5);;;/q;;;3*+2/p-6. The number of aliphatic hydroxyl groups is 1. The second-order valence-electron chi connectivity index (χ2n) is 6.42. The van der Waals surface area contributed by atoms with Crippen molar-refractivity contribution in [1.29, 1.82) is 0 Å². The van der Waals surface area contributed by atoms with Gasteiger partial charge >= 0.3 is 58.4 Å². The molecule has 0 bridgehead atoms. The molecule has 1 unspecified atom stereocenters. The van der Waals surface area contributed by atoms with Crippen molar-refractivity contribution >= 4 is 37.1 Å². The van der Waals surface area contributed by atoms with Gasteiger partial charge in [0.05, 0.1) is 6.10 Å². The normalized spacial score (nSPS) is 11.2. The van der Waals surface area contributed by atoms with Gasteiger partial charge in [0.1, 0.15) is 0 Å². The van der Waals surface area contributed by atoms with Gasteiger partial charge in [-0.25, -0.2) is 0 Å². The van der Waals surface area contributed by atoms with E-state index >= 15 is 0 Å². The molecule has 0 aromatic heterocycles. The van der Waals surface area contributed by atoms with Crippen LogP contribution in [0.2, 0.25) is 0 Å². The van der Waals surface area contributed by atoms with Crippen molar-refractivity contribution in [2.75, 3.05) is 0 Å². The first kappa shape index (κ1) is 46.3. The fourth-order valence-electron chi connectivity index (χ4n) is 2.28. The third-order valence-electron chi connectivity index (χ3n) is 3.48. The van der Waals surface area contributed by atoms with Gasteiger partial charge in [-0.15, -0.1) is 0 Å². The summed E-state index contributed by atoms with van der Waals surface area (Å²) in [5, 5.41) is 9.11. The maximum atomic E-state index is 9.11. The summed E-state index contributed by atoms with van der Waals surface area (Å²) in [6.45, 7) is -4.95. The van der Waals surface area contributed by atoms with Gasteiger partial charge in [-0.1, -0.05) is 84.0 Å². The van der Waals surface area contributed by atoms with Gasteiger partial charge < -0.3 is 47.9 Å². The van der Waals surface area contributed by atoms with Crippen LogP contribution in [0.3, 0.4) is 0 Å². The van der Waals surface area contributed by atoms with Gasteiger partial charge in [0.15, 0.2) is 0 Å². The van der Waals surface area contributed by atoms with Crippen LogP contribution >= 0.6 is 13.4 Å². The van der Waals surface area contributed by atoms with E-state index < -0.39 is 13.4 Å². The minimum Gasteiger partial charge on any atom is -0.844 e. The van der Waals surface area contributed by atoms with Gasteiger partial charge in [-0.2, -0.15) is 23.6 Å². The van der Waals surface area contributed by atoms with Gasteiger partial charge in [0, 0.05) is 0 Å². The molecule has 0 radical (unpaired) electrons. The topological polar surface area (TPSA) is 159 Å². The zero-order chi connectivity index (χ0) is 21.8. The molecule has 7 nitrogen and oxygen atoms in total. The number of rotatable bonds is 13. The van der Waals surface area contributed by atoms with Crippen LogP contribution in [0.25, 0.3) is 0 Å². The molecular weight excluding hydrogens is 626 g/mol. The molecule has 30 heavy (non-hydrogen) atoms. The zero-order valence-corrected chi connectivity index (χ0v) is 30.8. The van der Waals surface area contributed by atoms with Gasteiger partial charge in [0.2, 0.25) is 0 Å². The predicted molar refractivity (Wildman–Crippen MR) is 106 cm³/mol. The van der Waals surface area contributed by atoms with E-state index in [4.69, 9.17) is 34.5 Å². The number of hydrogen-bond acceptors (Lipinski definition) is 9. The average Bonchev–Trinajstić information content (AvgIpc) is 2.44. The summed E-state index contributed by atoms with van der Waals surface area (Å²) >= 11 is 6.54. The summed E-state index contributed by atoms with van der Waals surface area (Å²) in [6, 6.07) is 0. The van der Waals surface area contributed by atoms with Crippen LogP contribution in [0.1, 0.15) is 97.3 Å². The van der Waals surface area contributed by atoms with Gasteiger partial charge in [0.25, 0.3) is 0 Å². The molecule has 0 aromatic rings. The number of hydrogen-bond donors (Lipinski definition) is 1. The summed E-state index contributed by atoms with van der Waals surface area (Å²) in [5.41, 5.74) is 0.